The number of methoxy groups -OCH3 is 1. The van der Waals surface area contributed by atoms with Gasteiger partial charge >= 0.3 is 5.97 Å². The summed E-state index contributed by atoms with van der Waals surface area (Å²) in [5.74, 6) is 0.183. The summed E-state index contributed by atoms with van der Waals surface area (Å²) in [7, 11) is 1.51. The lowest BCUT2D eigenvalue weighted by Gasteiger charge is -2.13. The van der Waals surface area contributed by atoms with Gasteiger partial charge in [-0.1, -0.05) is 51.4 Å². The van der Waals surface area contributed by atoms with Crippen molar-refractivity contribution in [3.8, 4) is 0 Å². The Balaban J connectivity index is 2.35. The lowest BCUT2D eigenvalue weighted by atomic mass is 9.95. The van der Waals surface area contributed by atoms with Crippen molar-refractivity contribution in [2.24, 2.45) is 5.92 Å². The fraction of sp³-hybridized carbons (Fsp3) is 0.923. The molecule has 0 N–H and O–H groups in total. The number of hydrogen-bond donors (Lipinski definition) is 0. The molecule has 0 aromatic carbocycles. The van der Waals surface area contributed by atoms with E-state index < -0.39 is 0 Å². The first-order valence-corrected chi connectivity index (χ1v) is 6.42. The van der Waals surface area contributed by atoms with Gasteiger partial charge in [-0.05, 0) is 12.8 Å². The molecular formula is C13H24O2. The van der Waals surface area contributed by atoms with Crippen LogP contribution in [0.3, 0.4) is 0 Å². The van der Waals surface area contributed by atoms with Crippen molar-refractivity contribution in [3.05, 3.63) is 0 Å². The predicted molar refractivity (Wildman–Crippen MR) is 61.7 cm³/mol. The Kier molecular flexibility index (Phi) is 6.45. The highest BCUT2D eigenvalue weighted by atomic mass is 16.5. The molecule has 0 atom stereocenters. The summed E-state index contributed by atoms with van der Waals surface area (Å²) in [6, 6.07) is 0. The Bertz CT molecular complexity index is 165. The van der Waals surface area contributed by atoms with E-state index in [2.05, 4.69) is 0 Å². The molecule has 0 saturated heterocycles. The van der Waals surface area contributed by atoms with Gasteiger partial charge in [-0.25, -0.2) is 0 Å². The minimum atomic E-state index is 0.00856. The molecule has 2 heteroatoms. The van der Waals surface area contributed by atoms with Crippen molar-refractivity contribution < 1.29 is 9.53 Å². The fourth-order valence-electron chi connectivity index (χ4n) is 2.39. The van der Waals surface area contributed by atoms with E-state index in [1.807, 2.05) is 0 Å². The number of carbonyl (C=O) groups excluding carboxylic acids is 1. The number of carbonyl (C=O) groups is 1. The molecule has 1 aliphatic rings. The van der Waals surface area contributed by atoms with E-state index in [1.165, 1.54) is 58.5 Å². The number of esters is 1. The summed E-state index contributed by atoms with van der Waals surface area (Å²) in [6.45, 7) is 0. The summed E-state index contributed by atoms with van der Waals surface area (Å²) in [5.41, 5.74) is 0. The Labute approximate surface area is 93.4 Å². The topological polar surface area (TPSA) is 26.3 Å². The lowest BCUT2D eigenvalue weighted by molar-refractivity contribution is -0.146. The van der Waals surface area contributed by atoms with Crippen LogP contribution in [0, 0.1) is 5.92 Å². The third-order valence-electron chi connectivity index (χ3n) is 3.39. The summed E-state index contributed by atoms with van der Waals surface area (Å²) >= 11 is 0. The number of ether oxygens (including phenoxy) is 1. The van der Waals surface area contributed by atoms with E-state index in [0.29, 0.717) is 0 Å². The molecule has 0 spiro atoms. The van der Waals surface area contributed by atoms with Gasteiger partial charge in [0.25, 0.3) is 0 Å². The SMILES string of the molecule is COC(=O)C1CCCCCCCCCC1. The van der Waals surface area contributed by atoms with Crippen molar-refractivity contribution in [2.45, 2.75) is 64.2 Å². The second kappa shape index (κ2) is 7.72. The van der Waals surface area contributed by atoms with Crippen LogP contribution >= 0.6 is 0 Å². The van der Waals surface area contributed by atoms with Gasteiger partial charge in [0.15, 0.2) is 0 Å². The van der Waals surface area contributed by atoms with Crippen LogP contribution in [0.2, 0.25) is 0 Å². The molecule has 15 heavy (non-hydrogen) atoms. The second-order valence-electron chi connectivity index (χ2n) is 4.63. The van der Waals surface area contributed by atoms with Gasteiger partial charge in [-0.3, -0.25) is 4.79 Å². The molecule has 0 unspecified atom stereocenters. The fourth-order valence-corrected chi connectivity index (χ4v) is 2.39. The maximum absolute atomic E-state index is 11.5. The average molecular weight is 212 g/mol. The third-order valence-corrected chi connectivity index (χ3v) is 3.39. The highest BCUT2D eigenvalue weighted by Crippen LogP contribution is 2.21. The maximum Gasteiger partial charge on any atom is 0.308 e. The van der Waals surface area contributed by atoms with Gasteiger partial charge in [0.2, 0.25) is 0 Å². The molecule has 0 radical (unpaired) electrons. The Morgan fingerprint density at radius 2 is 1.27 bits per heavy atom. The maximum atomic E-state index is 11.5. The van der Waals surface area contributed by atoms with Gasteiger partial charge < -0.3 is 4.74 Å². The summed E-state index contributed by atoms with van der Waals surface area (Å²) in [5, 5.41) is 0. The largest absolute Gasteiger partial charge is 0.469 e. The van der Waals surface area contributed by atoms with E-state index in [1.54, 1.807) is 0 Å². The van der Waals surface area contributed by atoms with Crippen LogP contribution in [0.5, 0.6) is 0 Å². The summed E-state index contributed by atoms with van der Waals surface area (Å²) < 4.78 is 4.85. The van der Waals surface area contributed by atoms with Crippen LogP contribution in [0.1, 0.15) is 64.2 Å². The molecule has 0 aliphatic heterocycles. The molecule has 0 aromatic rings. The highest BCUT2D eigenvalue weighted by molar-refractivity contribution is 5.72. The lowest BCUT2D eigenvalue weighted by Crippen LogP contribution is -2.16. The minimum Gasteiger partial charge on any atom is -0.469 e. The molecule has 88 valence electrons. The number of rotatable bonds is 1. The zero-order valence-corrected chi connectivity index (χ0v) is 9.96. The van der Waals surface area contributed by atoms with Crippen molar-refractivity contribution in [2.75, 3.05) is 7.11 Å². The smallest absolute Gasteiger partial charge is 0.308 e. The Morgan fingerprint density at radius 3 is 1.67 bits per heavy atom. The molecule has 1 fully saturated rings. The van der Waals surface area contributed by atoms with Gasteiger partial charge in [0, 0.05) is 0 Å². The minimum absolute atomic E-state index is 0.00856. The molecular weight excluding hydrogens is 188 g/mol. The molecule has 2 nitrogen and oxygen atoms in total. The molecule has 0 aromatic heterocycles. The van der Waals surface area contributed by atoms with Crippen LogP contribution in [0.4, 0.5) is 0 Å². The zero-order valence-electron chi connectivity index (χ0n) is 9.96. The second-order valence-corrected chi connectivity index (χ2v) is 4.63. The van der Waals surface area contributed by atoms with Crippen LogP contribution in [-0.4, -0.2) is 13.1 Å². The third kappa shape index (κ3) is 5.19. The molecule has 1 rings (SSSR count). The average Bonchev–Trinajstić information content (AvgIpc) is 2.32. The standard InChI is InChI=1S/C13H24O2/c1-15-13(14)12-10-8-6-4-2-3-5-7-9-11-12/h12H,2-11H2,1H3. The van der Waals surface area contributed by atoms with E-state index in [0.717, 1.165) is 12.8 Å². The molecule has 0 bridgehead atoms. The zero-order chi connectivity index (χ0) is 10.9. The van der Waals surface area contributed by atoms with Crippen LogP contribution < -0.4 is 0 Å². The van der Waals surface area contributed by atoms with Crippen molar-refractivity contribution >= 4 is 5.97 Å². The first-order chi connectivity index (χ1) is 7.34. The highest BCUT2D eigenvalue weighted by Gasteiger charge is 2.18. The summed E-state index contributed by atoms with van der Waals surface area (Å²) in [4.78, 5) is 11.5. The van der Waals surface area contributed by atoms with Gasteiger partial charge in [-0.15, -0.1) is 0 Å². The van der Waals surface area contributed by atoms with Gasteiger partial charge in [0.05, 0.1) is 13.0 Å². The first-order valence-electron chi connectivity index (χ1n) is 6.42. The normalized spacial score (nSPS) is 21.7. The van der Waals surface area contributed by atoms with Crippen molar-refractivity contribution in [1.29, 1.82) is 0 Å². The number of hydrogen-bond acceptors (Lipinski definition) is 2. The Morgan fingerprint density at radius 1 is 0.867 bits per heavy atom. The summed E-state index contributed by atoms with van der Waals surface area (Å²) in [6.07, 6.45) is 12.5. The predicted octanol–water partition coefficient (Wildman–Crippen LogP) is 3.69. The monoisotopic (exact) mass is 212 g/mol. The van der Waals surface area contributed by atoms with E-state index in [-0.39, 0.29) is 11.9 Å². The first kappa shape index (κ1) is 12.5. The molecule has 0 amide bonds. The van der Waals surface area contributed by atoms with Crippen LogP contribution in [0.15, 0.2) is 0 Å². The van der Waals surface area contributed by atoms with E-state index in [9.17, 15) is 4.79 Å². The quantitative estimate of drug-likeness (QED) is 0.620. The molecule has 0 heterocycles. The van der Waals surface area contributed by atoms with Crippen LogP contribution in [0.25, 0.3) is 0 Å². The molecule has 1 aliphatic carbocycles. The van der Waals surface area contributed by atoms with E-state index in [4.69, 9.17) is 4.74 Å². The van der Waals surface area contributed by atoms with Gasteiger partial charge in [-0.2, -0.15) is 0 Å². The molecule has 1 saturated carbocycles. The van der Waals surface area contributed by atoms with E-state index >= 15 is 0 Å². The van der Waals surface area contributed by atoms with Crippen LogP contribution in [-0.2, 0) is 9.53 Å². The van der Waals surface area contributed by atoms with Crippen molar-refractivity contribution in [1.82, 2.24) is 0 Å². The van der Waals surface area contributed by atoms with Gasteiger partial charge in [0.1, 0.15) is 0 Å². The Hall–Kier alpha value is -0.530. The van der Waals surface area contributed by atoms with Crippen molar-refractivity contribution in [3.63, 3.8) is 0 Å².